The number of fused-ring (bicyclic) bond motifs is 1. The smallest absolute Gasteiger partial charge is 0.244 e. The topological polar surface area (TPSA) is 39.3 Å². The molecule has 4 heteroatoms. The Labute approximate surface area is 173 Å². The van der Waals surface area contributed by atoms with Gasteiger partial charge in [-0.2, -0.15) is 0 Å². The van der Waals surface area contributed by atoms with Crippen LogP contribution in [0.15, 0.2) is 60.8 Å². The van der Waals surface area contributed by atoms with Crippen LogP contribution in [0.1, 0.15) is 49.8 Å². The number of para-hydroxylation sites is 1. The lowest BCUT2D eigenvalue weighted by molar-refractivity contribution is -0.137. The first kappa shape index (κ1) is 19.7. The standard InChI is InChI=1S/C25H31N3O/c1-3-27(4-2)25(29)24(20-10-6-5-7-11-20)28-16-14-19(15-17-28)22-18-26-23-13-9-8-12-21(22)23/h5-13,18-19,24,26H,3-4,14-17H2,1-2H3. The predicted octanol–water partition coefficient (Wildman–Crippen LogP) is 4.96. The summed E-state index contributed by atoms with van der Waals surface area (Å²) in [5.74, 6) is 0.772. The number of nitrogens with one attached hydrogen (secondary N) is 1. The lowest BCUT2D eigenvalue weighted by atomic mass is 9.88. The number of likely N-dealkylation sites (N-methyl/N-ethyl adjacent to an activating group) is 1. The van der Waals surface area contributed by atoms with E-state index in [-0.39, 0.29) is 11.9 Å². The second kappa shape index (κ2) is 8.83. The van der Waals surface area contributed by atoms with Gasteiger partial charge in [0.1, 0.15) is 6.04 Å². The summed E-state index contributed by atoms with van der Waals surface area (Å²) in [5, 5.41) is 1.34. The highest BCUT2D eigenvalue weighted by Gasteiger charge is 2.33. The molecule has 2 heterocycles. The van der Waals surface area contributed by atoms with Crippen molar-refractivity contribution in [2.45, 2.75) is 38.6 Å². The van der Waals surface area contributed by atoms with Gasteiger partial charge in [-0.3, -0.25) is 9.69 Å². The third-order valence-electron chi connectivity index (χ3n) is 6.38. The summed E-state index contributed by atoms with van der Waals surface area (Å²) in [6, 6.07) is 18.7. The van der Waals surface area contributed by atoms with Crippen LogP contribution in [0, 0.1) is 0 Å². The number of likely N-dealkylation sites (tertiary alicyclic amines) is 1. The molecule has 0 aliphatic carbocycles. The third-order valence-corrected chi connectivity index (χ3v) is 6.38. The molecule has 1 saturated heterocycles. The molecule has 4 rings (SSSR count). The molecular formula is C25H31N3O. The lowest BCUT2D eigenvalue weighted by Gasteiger charge is -2.39. The number of hydrogen-bond acceptors (Lipinski definition) is 2. The van der Waals surface area contributed by atoms with Crippen LogP contribution >= 0.6 is 0 Å². The summed E-state index contributed by atoms with van der Waals surface area (Å²) in [6.45, 7) is 7.52. The zero-order valence-corrected chi connectivity index (χ0v) is 17.5. The number of carbonyl (C=O) groups excluding carboxylic acids is 1. The second-order valence-corrected chi connectivity index (χ2v) is 7.92. The Balaban J connectivity index is 1.54. The van der Waals surface area contributed by atoms with Crippen molar-refractivity contribution in [1.82, 2.24) is 14.8 Å². The molecule has 1 unspecified atom stereocenters. The fourth-order valence-corrected chi connectivity index (χ4v) is 4.75. The fraction of sp³-hybridized carbons (Fsp3) is 0.400. The fourth-order valence-electron chi connectivity index (χ4n) is 4.75. The summed E-state index contributed by atoms with van der Waals surface area (Å²) < 4.78 is 0. The molecule has 0 saturated carbocycles. The van der Waals surface area contributed by atoms with Gasteiger partial charge in [-0.1, -0.05) is 48.5 Å². The summed E-state index contributed by atoms with van der Waals surface area (Å²) in [6.07, 6.45) is 4.34. The molecule has 2 aromatic carbocycles. The molecule has 152 valence electrons. The lowest BCUT2D eigenvalue weighted by Crippen LogP contribution is -2.45. The summed E-state index contributed by atoms with van der Waals surface area (Å²) in [4.78, 5) is 21.1. The van der Waals surface area contributed by atoms with E-state index in [0.29, 0.717) is 5.92 Å². The van der Waals surface area contributed by atoms with Gasteiger partial charge < -0.3 is 9.88 Å². The molecule has 1 N–H and O–H groups in total. The van der Waals surface area contributed by atoms with Crippen LogP contribution in [0.5, 0.6) is 0 Å². The van der Waals surface area contributed by atoms with E-state index < -0.39 is 0 Å². The average Bonchev–Trinajstić information content (AvgIpc) is 3.20. The molecule has 0 spiro atoms. The predicted molar refractivity (Wildman–Crippen MR) is 119 cm³/mol. The molecule has 1 amide bonds. The number of benzene rings is 2. The molecule has 1 aliphatic rings. The third kappa shape index (κ3) is 3.95. The summed E-state index contributed by atoms with van der Waals surface area (Å²) in [5.41, 5.74) is 3.74. The van der Waals surface area contributed by atoms with Crippen molar-refractivity contribution >= 4 is 16.8 Å². The van der Waals surface area contributed by atoms with Crippen LogP contribution in [0.25, 0.3) is 10.9 Å². The number of amides is 1. The zero-order valence-electron chi connectivity index (χ0n) is 17.5. The van der Waals surface area contributed by atoms with Gasteiger partial charge in [-0.05, 0) is 62.9 Å². The minimum absolute atomic E-state index is 0.181. The van der Waals surface area contributed by atoms with Crippen LogP contribution in [-0.4, -0.2) is 46.9 Å². The van der Waals surface area contributed by atoms with E-state index in [2.05, 4.69) is 66.3 Å². The van der Waals surface area contributed by atoms with Crippen molar-refractivity contribution in [3.05, 3.63) is 71.9 Å². The van der Waals surface area contributed by atoms with Crippen molar-refractivity contribution in [1.29, 1.82) is 0 Å². The van der Waals surface area contributed by atoms with Gasteiger partial charge in [-0.15, -0.1) is 0 Å². The minimum Gasteiger partial charge on any atom is -0.361 e. The van der Waals surface area contributed by atoms with Gasteiger partial charge >= 0.3 is 0 Å². The van der Waals surface area contributed by atoms with Gasteiger partial charge in [0.15, 0.2) is 0 Å². The molecule has 4 nitrogen and oxygen atoms in total. The van der Waals surface area contributed by atoms with Crippen LogP contribution < -0.4 is 0 Å². The number of aromatic nitrogens is 1. The maximum atomic E-state index is 13.4. The Morgan fingerprint density at radius 1 is 1.03 bits per heavy atom. The number of piperidine rings is 1. The van der Waals surface area contributed by atoms with Gasteiger partial charge in [-0.25, -0.2) is 0 Å². The van der Waals surface area contributed by atoms with E-state index in [9.17, 15) is 4.79 Å². The zero-order chi connectivity index (χ0) is 20.2. The van der Waals surface area contributed by atoms with Crippen molar-refractivity contribution < 1.29 is 4.79 Å². The molecule has 29 heavy (non-hydrogen) atoms. The van der Waals surface area contributed by atoms with E-state index in [0.717, 1.165) is 44.6 Å². The minimum atomic E-state index is -0.181. The van der Waals surface area contributed by atoms with Gasteiger partial charge in [0.05, 0.1) is 0 Å². The molecular weight excluding hydrogens is 358 g/mol. The van der Waals surface area contributed by atoms with Crippen molar-refractivity contribution in [2.75, 3.05) is 26.2 Å². The molecule has 0 bridgehead atoms. The monoisotopic (exact) mass is 389 g/mol. The average molecular weight is 390 g/mol. The van der Waals surface area contributed by atoms with E-state index in [4.69, 9.17) is 0 Å². The Hall–Kier alpha value is -2.59. The van der Waals surface area contributed by atoms with Crippen molar-refractivity contribution in [3.63, 3.8) is 0 Å². The number of aromatic amines is 1. The molecule has 3 aromatic rings. The molecule has 1 aromatic heterocycles. The number of nitrogens with zero attached hydrogens (tertiary/aromatic N) is 2. The largest absolute Gasteiger partial charge is 0.361 e. The van der Waals surface area contributed by atoms with E-state index in [1.165, 1.54) is 16.5 Å². The van der Waals surface area contributed by atoms with Crippen LogP contribution in [0.2, 0.25) is 0 Å². The SMILES string of the molecule is CCN(CC)C(=O)C(c1ccccc1)N1CCC(c2c[nH]c3ccccc23)CC1. The van der Waals surface area contributed by atoms with E-state index in [1.807, 2.05) is 23.1 Å². The number of carbonyl (C=O) groups is 1. The molecule has 0 radical (unpaired) electrons. The maximum absolute atomic E-state index is 13.4. The van der Waals surface area contributed by atoms with E-state index >= 15 is 0 Å². The Kier molecular flexibility index (Phi) is 6.00. The highest BCUT2D eigenvalue weighted by atomic mass is 16.2. The first-order chi connectivity index (χ1) is 14.2. The van der Waals surface area contributed by atoms with Gasteiger partial charge in [0.2, 0.25) is 5.91 Å². The van der Waals surface area contributed by atoms with Crippen LogP contribution in [0.3, 0.4) is 0 Å². The quantitative estimate of drug-likeness (QED) is 0.647. The highest BCUT2D eigenvalue weighted by molar-refractivity contribution is 5.84. The van der Waals surface area contributed by atoms with Crippen LogP contribution in [0.4, 0.5) is 0 Å². The first-order valence-electron chi connectivity index (χ1n) is 10.9. The molecule has 1 atom stereocenters. The Bertz CT molecular complexity index is 937. The Morgan fingerprint density at radius 2 is 1.69 bits per heavy atom. The normalized spacial score (nSPS) is 16.8. The van der Waals surface area contributed by atoms with E-state index in [1.54, 1.807) is 0 Å². The first-order valence-corrected chi connectivity index (χ1v) is 10.9. The number of hydrogen-bond donors (Lipinski definition) is 1. The summed E-state index contributed by atoms with van der Waals surface area (Å²) in [7, 11) is 0. The second-order valence-electron chi connectivity index (χ2n) is 7.92. The highest BCUT2D eigenvalue weighted by Crippen LogP contribution is 2.36. The van der Waals surface area contributed by atoms with Crippen molar-refractivity contribution in [2.24, 2.45) is 0 Å². The maximum Gasteiger partial charge on any atom is 0.244 e. The van der Waals surface area contributed by atoms with Crippen molar-refractivity contribution in [3.8, 4) is 0 Å². The molecule has 1 fully saturated rings. The number of rotatable bonds is 6. The van der Waals surface area contributed by atoms with Crippen LogP contribution in [-0.2, 0) is 4.79 Å². The number of H-pyrrole nitrogens is 1. The van der Waals surface area contributed by atoms with Gasteiger partial charge in [0.25, 0.3) is 0 Å². The van der Waals surface area contributed by atoms with Gasteiger partial charge in [0, 0.05) is 30.2 Å². The molecule has 1 aliphatic heterocycles. The summed E-state index contributed by atoms with van der Waals surface area (Å²) >= 11 is 0. The Morgan fingerprint density at radius 3 is 2.38 bits per heavy atom.